The molecule has 0 aliphatic carbocycles. The Hall–Kier alpha value is 0.310. The van der Waals surface area contributed by atoms with E-state index in [1.807, 2.05) is 6.92 Å². The summed E-state index contributed by atoms with van der Waals surface area (Å²) in [5.41, 5.74) is 0. The van der Waals surface area contributed by atoms with Gasteiger partial charge in [0, 0.05) is 12.7 Å². The Bertz CT molecular complexity index is 121. The average Bonchev–Trinajstić information content (AvgIpc) is 2.23. The highest BCUT2D eigenvalue weighted by Crippen LogP contribution is 2.36. The first-order chi connectivity index (χ1) is 6.78. The zero-order valence-electron chi connectivity index (χ0n) is 9.95. The van der Waals surface area contributed by atoms with E-state index in [1.165, 1.54) is 0 Å². The fourth-order valence-corrected chi connectivity index (χ4v) is 2.19. The number of hydrogen-bond donors (Lipinski definition) is 0. The van der Waals surface area contributed by atoms with Gasteiger partial charge in [0.25, 0.3) is 0 Å². The summed E-state index contributed by atoms with van der Waals surface area (Å²) in [4.78, 5) is 2.36. The van der Waals surface area contributed by atoms with E-state index in [-0.39, 0.29) is 0 Å². The van der Waals surface area contributed by atoms with Crippen LogP contribution >= 0.6 is 8.38 Å². The summed E-state index contributed by atoms with van der Waals surface area (Å²) in [5.74, 6) is 0. The molecule has 0 radical (unpaired) electrons. The van der Waals surface area contributed by atoms with Crippen LogP contribution in [-0.2, 0) is 9.05 Å². The Kier molecular flexibility index (Phi) is 10.1. The second-order valence-electron chi connectivity index (χ2n) is 2.93. The Morgan fingerprint density at radius 3 is 2.07 bits per heavy atom. The highest BCUT2D eigenvalue weighted by molar-refractivity contribution is 7.47. The molecule has 0 N–H and O–H groups in total. The molecule has 0 aromatic heterocycles. The molecular formula is C10H24NO2P. The van der Waals surface area contributed by atoms with Crippen molar-refractivity contribution >= 4 is 8.38 Å². The van der Waals surface area contributed by atoms with Crippen molar-refractivity contribution in [3.8, 4) is 0 Å². The normalized spacial score (nSPS) is 13.5. The van der Waals surface area contributed by atoms with Crippen molar-refractivity contribution in [3.63, 3.8) is 0 Å². The number of likely N-dealkylation sites (N-methyl/N-ethyl adjacent to an activating group) is 1. The highest BCUT2D eigenvalue weighted by atomic mass is 31.2. The van der Waals surface area contributed by atoms with Gasteiger partial charge in [0.2, 0.25) is 0 Å². The maximum atomic E-state index is 5.67. The summed E-state index contributed by atoms with van der Waals surface area (Å²) in [5, 5.41) is 0. The molecule has 4 heteroatoms. The van der Waals surface area contributed by atoms with Crippen molar-refractivity contribution in [1.29, 1.82) is 0 Å². The second kappa shape index (κ2) is 9.85. The van der Waals surface area contributed by atoms with Crippen LogP contribution in [0.2, 0.25) is 0 Å². The van der Waals surface area contributed by atoms with E-state index in [0.29, 0.717) is 0 Å². The monoisotopic (exact) mass is 221 g/mol. The van der Waals surface area contributed by atoms with Gasteiger partial charge in [-0.1, -0.05) is 20.8 Å². The molecule has 86 valence electrons. The van der Waals surface area contributed by atoms with Gasteiger partial charge in [-0.05, 0) is 20.0 Å². The van der Waals surface area contributed by atoms with E-state index in [0.717, 1.165) is 39.0 Å². The van der Waals surface area contributed by atoms with Crippen LogP contribution in [0.1, 0.15) is 27.7 Å². The topological polar surface area (TPSA) is 21.7 Å². The molecule has 0 saturated heterocycles. The lowest BCUT2D eigenvalue weighted by molar-refractivity contribution is 0.207. The van der Waals surface area contributed by atoms with Crippen LogP contribution in [0.3, 0.4) is 0 Å². The van der Waals surface area contributed by atoms with Crippen LogP contribution in [0.5, 0.6) is 0 Å². The summed E-state index contributed by atoms with van der Waals surface area (Å²) >= 11 is 0. The summed E-state index contributed by atoms with van der Waals surface area (Å²) in [7, 11) is -0.626. The molecule has 0 spiro atoms. The maximum absolute atomic E-state index is 5.67. The third kappa shape index (κ3) is 6.72. The largest absolute Gasteiger partial charge is 0.334 e. The average molecular weight is 221 g/mol. The van der Waals surface area contributed by atoms with Gasteiger partial charge in [-0.15, -0.1) is 0 Å². The van der Waals surface area contributed by atoms with E-state index < -0.39 is 8.38 Å². The van der Waals surface area contributed by atoms with E-state index in [1.54, 1.807) is 0 Å². The molecule has 0 aromatic rings. The summed E-state index contributed by atoms with van der Waals surface area (Å²) in [6.07, 6.45) is 0.988. The van der Waals surface area contributed by atoms with Gasteiger partial charge in [0.15, 0.2) is 8.38 Å². The van der Waals surface area contributed by atoms with E-state index in [4.69, 9.17) is 9.05 Å². The van der Waals surface area contributed by atoms with Crippen molar-refractivity contribution < 1.29 is 9.05 Å². The third-order valence-electron chi connectivity index (χ3n) is 2.07. The van der Waals surface area contributed by atoms with Crippen molar-refractivity contribution in [3.05, 3.63) is 0 Å². The molecule has 0 bridgehead atoms. The quantitative estimate of drug-likeness (QED) is 0.559. The minimum Gasteiger partial charge on any atom is -0.334 e. The Balaban J connectivity index is 3.48. The highest BCUT2D eigenvalue weighted by Gasteiger charge is 2.07. The van der Waals surface area contributed by atoms with Gasteiger partial charge in [0.1, 0.15) is 0 Å². The third-order valence-corrected chi connectivity index (χ3v) is 3.60. The van der Waals surface area contributed by atoms with Crippen LogP contribution in [0, 0.1) is 0 Å². The Labute approximate surface area is 89.7 Å². The van der Waals surface area contributed by atoms with Crippen LogP contribution in [0.4, 0.5) is 0 Å². The van der Waals surface area contributed by atoms with E-state index >= 15 is 0 Å². The predicted molar refractivity (Wildman–Crippen MR) is 62.8 cm³/mol. The second-order valence-corrected chi connectivity index (χ2v) is 4.74. The Morgan fingerprint density at radius 2 is 1.64 bits per heavy atom. The van der Waals surface area contributed by atoms with Crippen molar-refractivity contribution in [2.45, 2.75) is 27.7 Å². The van der Waals surface area contributed by atoms with E-state index in [2.05, 4.69) is 25.7 Å². The molecule has 0 amide bonds. The summed E-state index contributed by atoms with van der Waals surface area (Å²) in [6, 6.07) is 0. The first-order valence-electron chi connectivity index (χ1n) is 5.54. The van der Waals surface area contributed by atoms with Crippen LogP contribution in [0.25, 0.3) is 0 Å². The van der Waals surface area contributed by atoms with Gasteiger partial charge in [-0.2, -0.15) is 0 Å². The molecule has 1 unspecified atom stereocenters. The zero-order chi connectivity index (χ0) is 10.8. The first kappa shape index (κ1) is 14.3. The van der Waals surface area contributed by atoms with Gasteiger partial charge in [-0.3, -0.25) is 0 Å². The Morgan fingerprint density at radius 1 is 1.00 bits per heavy atom. The summed E-state index contributed by atoms with van der Waals surface area (Å²) < 4.78 is 11.1. The molecule has 0 fully saturated rings. The molecule has 0 aliphatic rings. The molecule has 0 aliphatic heterocycles. The fourth-order valence-electron chi connectivity index (χ4n) is 1.18. The zero-order valence-corrected chi connectivity index (χ0v) is 10.8. The van der Waals surface area contributed by atoms with Crippen molar-refractivity contribution in [2.24, 2.45) is 0 Å². The molecular weight excluding hydrogens is 197 g/mol. The van der Waals surface area contributed by atoms with Crippen molar-refractivity contribution in [2.75, 3.05) is 39.0 Å². The first-order valence-corrected chi connectivity index (χ1v) is 6.90. The molecule has 0 rings (SSSR count). The molecule has 1 atom stereocenters. The van der Waals surface area contributed by atoms with Crippen LogP contribution in [0.15, 0.2) is 0 Å². The van der Waals surface area contributed by atoms with Gasteiger partial charge in [-0.25, -0.2) is 0 Å². The molecule has 3 nitrogen and oxygen atoms in total. The van der Waals surface area contributed by atoms with E-state index in [9.17, 15) is 0 Å². The summed E-state index contributed by atoms with van der Waals surface area (Å²) in [6.45, 7) is 13.2. The minimum absolute atomic E-state index is 0.626. The fraction of sp³-hybridized carbons (Fsp3) is 1.00. The van der Waals surface area contributed by atoms with Crippen molar-refractivity contribution in [1.82, 2.24) is 4.90 Å². The molecule has 0 heterocycles. The SMILES string of the molecule is CCOP(CC)OCCN(CC)CC. The molecule has 0 saturated carbocycles. The number of rotatable bonds is 9. The molecule has 0 aromatic carbocycles. The standard InChI is InChI=1S/C10H24NO2P/c1-5-11(6-2)9-10-13-14(8-4)12-7-3/h5-10H2,1-4H3. The minimum atomic E-state index is -0.626. The van der Waals surface area contributed by atoms with Crippen LogP contribution in [-0.4, -0.2) is 43.9 Å². The van der Waals surface area contributed by atoms with Gasteiger partial charge >= 0.3 is 0 Å². The predicted octanol–water partition coefficient (Wildman–Crippen LogP) is 2.71. The lowest BCUT2D eigenvalue weighted by Crippen LogP contribution is -2.26. The maximum Gasteiger partial charge on any atom is 0.170 e. The van der Waals surface area contributed by atoms with Gasteiger partial charge < -0.3 is 13.9 Å². The van der Waals surface area contributed by atoms with Gasteiger partial charge in [0.05, 0.1) is 13.2 Å². The number of hydrogen-bond acceptors (Lipinski definition) is 3. The molecule has 14 heavy (non-hydrogen) atoms. The smallest absolute Gasteiger partial charge is 0.170 e. The lowest BCUT2D eigenvalue weighted by Gasteiger charge is -2.20. The lowest BCUT2D eigenvalue weighted by atomic mass is 10.5. The number of nitrogens with zero attached hydrogens (tertiary/aromatic N) is 1. The van der Waals surface area contributed by atoms with Crippen LogP contribution < -0.4 is 0 Å².